The summed E-state index contributed by atoms with van der Waals surface area (Å²) in [4.78, 5) is 38.6. The first-order valence-corrected chi connectivity index (χ1v) is 10.7. The summed E-state index contributed by atoms with van der Waals surface area (Å²) in [5.41, 5.74) is -0.533. The molecule has 3 amide bonds. The molecule has 8 nitrogen and oxygen atoms in total. The molecule has 34 heavy (non-hydrogen) atoms. The molecule has 0 unspecified atom stereocenters. The standard InChI is InChI=1S/C24H27F2N3O5/c1-13-9-10-34-19(13)11-18(26)14(2)17-12-29(24(3,4)22(31)32)21(30)20(17)28-23(33)27-16-7-5-15(25)6-8-16/h5-8,11,17,20H,2,9-10,12H2,1,3-4H3,(H,31,32)(H2,27,28,33)/b18-11+/t17-,20-/m0/s1. The number of carboxylic acid groups (broad SMARTS) is 1. The number of carbonyl (C=O) groups excluding carboxylic acids is 2. The van der Waals surface area contributed by atoms with Crippen molar-refractivity contribution in [1.82, 2.24) is 10.2 Å². The molecule has 0 bridgehead atoms. The molecule has 3 rings (SSSR count). The summed E-state index contributed by atoms with van der Waals surface area (Å²) < 4.78 is 33.6. The number of carbonyl (C=O) groups is 3. The van der Waals surface area contributed by atoms with Gasteiger partial charge in [0.2, 0.25) is 5.91 Å². The Bertz CT molecular complexity index is 1080. The topological polar surface area (TPSA) is 108 Å². The maximum atomic E-state index is 15.1. The first kappa shape index (κ1) is 24.9. The summed E-state index contributed by atoms with van der Waals surface area (Å²) >= 11 is 0. The maximum absolute atomic E-state index is 15.1. The highest BCUT2D eigenvalue weighted by molar-refractivity contribution is 5.97. The SMILES string of the molecule is C=C(/C(F)=C\C1=C(C)CCO1)[C@@H]1CN(C(C)(C)C(=O)O)C(=O)[C@H]1NC(=O)Nc1ccc(F)cc1. The third-order valence-corrected chi connectivity index (χ3v) is 6.07. The number of amides is 3. The number of benzene rings is 1. The van der Waals surface area contributed by atoms with Crippen LogP contribution in [-0.4, -0.2) is 52.6 Å². The third-order valence-electron chi connectivity index (χ3n) is 6.07. The maximum Gasteiger partial charge on any atom is 0.329 e. The fourth-order valence-electron chi connectivity index (χ4n) is 3.78. The van der Waals surface area contributed by atoms with Gasteiger partial charge in [-0.05, 0) is 56.2 Å². The van der Waals surface area contributed by atoms with Crippen LogP contribution in [0.3, 0.4) is 0 Å². The first-order valence-electron chi connectivity index (χ1n) is 10.7. The van der Waals surface area contributed by atoms with Crippen LogP contribution in [0.25, 0.3) is 0 Å². The van der Waals surface area contributed by atoms with Gasteiger partial charge in [-0.1, -0.05) is 6.58 Å². The highest BCUT2D eigenvalue weighted by Crippen LogP contribution is 2.35. The van der Waals surface area contributed by atoms with Gasteiger partial charge in [0.15, 0.2) is 0 Å². The minimum Gasteiger partial charge on any atom is -0.493 e. The van der Waals surface area contributed by atoms with Crippen molar-refractivity contribution >= 4 is 23.6 Å². The van der Waals surface area contributed by atoms with E-state index < -0.39 is 47.1 Å². The number of nitrogens with zero attached hydrogens (tertiary/aromatic N) is 1. The molecule has 0 radical (unpaired) electrons. The molecule has 1 fully saturated rings. The zero-order valence-corrected chi connectivity index (χ0v) is 19.2. The van der Waals surface area contributed by atoms with Crippen molar-refractivity contribution in [2.45, 2.75) is 38.8 Å². The van der Waals surface area contributed by atoms with Crippen molar-refractivity contribution in [1.29, 1.82) is 0 Å². The minimum atomic E-state index is -1.60. The molecule has 1 aromatic rings. The summed E-state index contributed by atoms with van der Waals surface area (Å²) in [7, 11) is 0. The molecule has 1 aromatic carbocycles. The summed E-state index contributed by atoms with van der Waals surface area (Å²) in [5, 5.41) is 14.6. The fourth-order valence-corrected chi connectivity index (χ4v) is 3.78. The first-order chi connectivity index (χ1) is 15.9. The lowest BCUT2D eigenvalue weighted by molar-refractivity contribution is -0.155. The molecule has 1 saturated heterocycles. The Morgan fingerprint density at radius 3 is 2.50 bits per heavy atom. The summed E-state index contributed by atoms with van der Waals surface area (Å²) in [6.07, 6.45) is 1.86. The summed E-state index contributed by atoms with van der Waals surface area (Å²) in [6, 6.07) is 2.91. The number of halogens is 2. The van der Waals surface area contributed by atoms with Crippen LogP contribution < -0.4 is 10.6 Å². The van der Waals surface area contributed by atoms with E-state index in [0.717, 1.165) is 22.6 Å². The number of urea groups is 1. The van der Waals surface area contributed by atoms with Crippen LogP contribution in [0.5, 0.6) is 0 Å². The Morgan fingerprint density at radius 2 is 1.94 bits per heavy atom. The normalized spacial score (nSPS) is 20.9. The quantitative estimate of drug-likeness (QED) is 0.521. The lowest BCUT2D eigenvalue weighted by Gasteiger charge is -2.31. The molecule has 0 saturated carbocycles. The lowest BCUT2D eigenvalue weighted by atomic mass is 9.93. The Kier molecular flexibility index (Phi) is 7.09. The summed E-state index contributed by atoms with van der Waals surface area (Å²) in [5.74, 6) is -3.72. The lowest BCUT2D eigenvalue weighted by Crippen LogP contribution is -2.53. The predicted molar refractivity (Wildman–Crippen MR) is 121 cm³/mol. The summed E-state index contributed by atoms with van der Waals surface area (Å²) in [6.45, 7) is 8.57. The van der Waals surface area contributed by atoms with Crippen molar-refractivity contribution in [3.63, 3.8) is 0 Å². The van der Waals surface area contributed by atoms with Gasteiger partial charge in [-0.15, -0.1) is 0 Å². The van der Waals surface area contributed by atoms with Gasteiger partial charge in [0.25, 0.3) is 0 Å². The van der Waals surface area contributed by atoms with Crippen LogP contribution in [0.1, 0.15) is 27.2 Å². The Morgan fingerprint density at radius 1 is 1.29 bits per heavy atom. The van der Waals surface area contributed by atoms with Crippen LogP contribution in [0.4, 0.5) is 19.3 Å². The molecule has 2 aliphatic heterocycles. The van der Waals surface area contributed by atoms with Gasteiger partial charge in [-0.25, -0.2) is 18.4 Å². The number of ether oxygens (including phenoxy) is 1. The molecule has 182 valence electrons. The molecule has 2 atom stereocenters. The van der Waals surface area contributed by atoms with Gasteiger partial charge >= 0.3 is 12.0 Å². The Balaban J connectivity index is 1.86. The molecule has 0 aliphatic carbocycles. The average molecular weight is 475 g/mol. The number of allylic oxidation sites excluding steroid dienone is 2. The van der Waals surface area contributed by atoms with Crippen molar-refractivity contribution in [3.8, 4) is 0 Å². The van der Waals surface area contributed by atoms with E-state index in [1.54, 1.807) is 0 Å². The molecule has 2 heterocycles. The van der Waals surface area contributed by atoms with Crippen molar-refractivity contribution in [2.75, 3.05) is 18.5 Å². The van der Waals surface area contributed by atoms with Crippen LogP contribution in [0, 0.1) is 11.7 Å². The van der Waals surface area contributed by atoms with Crippen LogP contribution >= 0.6 is 0 Å². The molecule has 10 heteroatoms. The van der Waals surface area contributed by atoms with Gasteiger partial charge in [0, 0.05) is 30.6 Å². The van der Waals surface area contributed by atoms with E-state index in [0.29, 0.717) is 18.8 Å². The molecular formula is C24H27F2N3O5. The van der Waals surface area contributed by atoms with Gasteiger partial charge < -0.3 is 25.4 Å². The van der Waals surface area contributed by atoms with E-state index >= 15 is 4.39 Å². The van der Waals surface area contributed by atoms with Gasteiger partial charge in [-0.2, -0.15) is 0 Å². The van der Waals surface area contributed by atoms with E-state index in [1.165, 1.54) is 32.1 Å². The average Bonchev–Trinajstić information content (AvgIpc) is 3.32. The third kappa shape index (κ3) is 5.11. The van der Waals surface area contributed by atoms with Crippen molar-refractivity contribution < 1.29 is 33.0 Å². The molecule has 3 N–H and O–H groups in total. The number of hydrogen-bond donors (Lipinski definition) is 3. The highest BCUT2D eigenvalue weighted by atomic mass is 19.1. The van der Waals surface area contributed by atoms with Crippen LogP contribution in [0.2, 0.25) is 0 Å². The monoisotopic (exact) mass is 475 g/mol. The number of likely N-dealkylation sites (tertiary alicyclic amines) is 1. The van der Waals surface area contributed by atoms with Crippen molar-refractivity contribution in [3.05, 3.63) is 65.5 Å². The van der Waals surface area contributed by atoms with Gasteiger partial charge in [0.1, 0.15) is 29.0 Å². The van der Waals surface area contributed by atoms with E-state index in [-0.39, 0.29) is 17.8 Å². The second-order valence-corrected chi connectivity index (χ2v) is 8.76. The zero-order chi connectivity index (χ0) is 25.2. The highest BCUT2D eigenvalue weighted by Gasteiger charge is 2.50. The van der Waals surface area contributed by atoms with E-state index in [2.05, 4.69) is 17.2 Å². The van der Waals surface area contributed by atoms with Crippen LogP contribution in [-0.2, 0) is 14.3 Å². The number of nitrogens with one attached hydrogen (secondary N) is 2. The predicted octanol–water partition coefficient (Wildman–Crippen LogP) is 3.74. The number of hydrogen-bond acceptors (Lipinski definition) is 4. The second-order valence-electron chi connectivity index (χ2n) is 8.76. The van der Waals surface area contributed by atoms with Gasteiger partial charge in [0.05, 0.1) is 6.61 Å². The number of anilines is 1. The minimum absolute atomic E-state index is 0.0695. The smallest absolute Gasteiger partial charge is 0.329 e. The largest absolute Gasteiger partial charge is 0.493 e. The second kappa shape index (κ2) is 9.66. The molecule has 0 spiro atoms. The number of aliphatic carboxylic acids is 1. The van der Waals surface area contributed by atoms with Gasteiger partial charge in [-0.3, -0.25) is 4.79 Å². The Hall–Kier alpha value is -3.69. The molecule has 2 aliphatic rings. The molecular weight excluding hydrogens is 448 g/mol. The van der Waals surface area contributed by atoms with E-state index in [4.69, 9.17) is 4.74 Å². The number of carboxylic acids is 1. The van der Waals surface area contributed by atoms with Crippen molar-refractivity contribution in [2.24, 2.45) is 5.92 Å². The molecule has 0 aromatic heterocycles. The zero-order valence-electron chi connectivity index (χ0n) is 19.2. The van der Waals surface area contributed by atoms with E-state index in [1.807, 2.05) is 6.92 Å². The Labute approximate surface area is 196 Å². The fraction of sp³-hybridized carbons (Fsp3) is 0.375. The number of rotatable bonds is 7. The van der Waals surface area contributed by atoms with E-state index in [9.17, 15) is 23.9 Å². The van der Waals surface area contributed by atoms with Crippen LogP contribution in [0.15, 0.2) is 59.7 Å².